The van der Waals surface area contributed by atoms with E-state index in [9.17, 15) is 28.4 Å². The molecule has 1 aromatic carbocycles. The van der Waals surface area contributed by atoms with Gasteiger partial charge in [-0.2, -0.15) is 4.72 Å². The second-order valence-electron chi connectivity index (χ2n) is 4.55. The number of aliphatic carboxylic acids is 1. The lowest BCUT2D eigenvalue weighted by atomic mass is 10.0. The van der Waals surface area contributed by atoms with Crippen LogP contribution in [0.4, 0.5) is 5.69 Å². The van der Waals surface area contributed by atoms with Gasteiger partial charge in [-0.3, -0.25) is 14.9 Å². The van der Waals surface area contributed by atoms with E-state index in [1.807, 2.05) is 0 Å². The van der Waals surface area contributed by atoms with E-state index < -0.39 is 26.5 Å². The molecular weight excluding hydrogens is 304 g/mol. The molecule has 0 bridgehead atoms. The average molecular weight is 316 g/mol. The van der Waals surface area contributed by atoms with E-state index in [0.29, 0.717) is 0 Å². The largest absolute Gasteiger partial charge is 0.480 e. The minimum absolute atomic E-state index is 0.00848. The summed E-state index contributed by atoms with van der Waals surface area (Å²) >= 11 is 0. The van der Waals surface area contributed by atoms with Crippen LogP contribution in [-0.4, -0.2) is 43.2 Å². The van der Waals surface area contributed by atoms with E-state index in [0.717, 1.165) is 24.3 Å². The standard InChI is InChI=1S/C11H12N2O7S/c14-10(15)11(5-6-20-7-11)12-21(18,19)9-3-1-8(2-4-9)13(16)17/h1-4,12H,5-7H2,(H,14,15). The molecule has 9 nitrogen and oxygen atoms in total. The van der Waals surface area contributed by atoms with Gasteiger partial charge in [-0.25, -0.2) is 8.42 Å². The highest BCUT2D eigenvalue weighted by molar-refractivity contribution is 7.89. The fraction of sp³-hybridized carbons (Fsp3) is 0.364. The van der Waals surface area contributed by atoms with Gasteiger partial charge in [-0.05, 0) is 12.1 Å². The Kier molecular flexibility index (Phi) is 3.94. The Bertz CT molecular complexity index is 662. The third kappa shape index (κ3) is 3.01. The van der Waals surface area contributed by atoms with Crippen molar-refractivity contribution in [2.75, 3.05) is 13.2 Å². The summed E-state index contributed by atoms with van der Waals surface area (Å²) in [5, 5.41) is 19.7. The highest BCUT2D eigenvalue weighted by Gasteiger charge is 2.46. The summed E-state index contributed by atoms with van der Waals surface area (Å²) in [7, 11) is -4.12. The van der Waals surface area contributed by atoms with Crippen LogP contribution in [0.1, 0.15) is 6.42 Å². The number of carboxylic acids is 1. The predicted molar refractivity (Wildman–Crippen MR) is 69.2 cm³/mol. The van der Waals surface area contributed by atoms with Gasteiger partial charge in [0.1, 0.15) is 0 Å². The van der Waals surface area contributed by atoms with Gasteiger partial charge >= 0.3 is 5.97 Å². The smallest absolute Gasteiger partial charge is 0.327 e. The molecule has 2 rings (SSSR count). The van der Waals surface area contributed by atoms with E-state index in [1.54, 1.807) is 0 Å². The van der Waals surface area contributed by atoms with Gasteiger partial charge in [0.05, 0.1) is 16.4 Å². The van der Waals surface area contributed by atoms with Crippen molar-refractivity contribution >= 4 is 21.7 Å². The van der Waals surface area contributed by atoms with Gasteiger partial charge in [0.25, 0.3) is 5.69 Å². The SMILES string of the molecule is O=C(O)C1(NS(=O)(=O)c2ccc([N+](=O)[O-])cc2)CCOC1. The van der Waals surface area contributed by atoms with Crippen molar-refractivity contribution in [1.82, 2.24) is 4.72 Å². The summed E-state index contributed by atoms with van der Waals surface area (Å²) in [5.74, 6) is -1.33. The first-order valence-electron chi connectivity index (χ1n) is 5.86. The lowest BCUT2D eigenvalue weighted by Crippen LogP contribution is -2.54. The van der Waals surface area contributed by atoms with Crippen LogP contribution in [0.2, 0.25) is 0 Å². The molecule has 1 aromatic rings. The molecule has 0 spiro atoms. The van der Waals surface area contributed by atoms with Crippen molar-refractivity contribution in [1.29, 1.82) is 0 Å². The second-order valence-corrected chi connectivity index (χ2v) is 6.23. The van der Waals surface area contributed by atoms with Crippen LogP contribution in [0.25, 0.3) is 0 Å². The van der Waals surface area contributed by atoms with Gasteiger partial charge in [0.2, 0.25) is 10.0 Å². The third-order valence-electron chi connectivity index (χ3n) is 3.12. The van der Waals surface area contributed by atoms with Crippen LogP contribution >= 0.6 is 0 Å². The van der Waals surface area contributed by atoms with Crippen LogP contribution in [0.5, 0.6) is 0 Å². The molecule has 10 heteroatoms. The second kappa shape index (κ2) is 5.39. The molecule has 114 valence electrons. The van der Waals surface area contributed by atoms with E-state index in [1.165, 1.54) is 0 Å². The first-order valence-corrected chi connectivity index (χ1v) is 7.35. The van der Waals surface area contributed by atoms with Crippen LogP contribution < -0.4 is 4.72 Å². The minimum atomic E-state index is -4.12. The lowest BCUT2D eigenvalue weighted by molar-refractivity contribution is -0.384. The molecule has 0 radical (unpaired) electrons. The Morgan fingerprint density at radius 3 is 2.43 bits per heavy atom. The van der Waals surface area contributed by atoms with Crippen molar-refractivity contribution in [3.8, 4) is 0 Å². The summed E-state index contributed by atoms with van der Waals surface area (Å²) in [6.07, 6.45) is 0.00848. The molecule has 1 aliphatic rings. The number of rotatable bonds is 5. The molecule has 0 aromatic heterocycles. The number of ether oxygens (including phenoxy) is 1. The van der Waals surface area contributed by atoms with Gasteiger partial charge in [-0.15, -0.1) is 0 Å². The fourth-order valence-electron chi connectivity index (χ4n) is 1.92. The molecule has 1 aliphatic heterocycles. The first kappa shape index (κ1) is 15.4. The maximum atomic E-state index is 12.2. The normalized spacial score (nSPS) is 22.1. The number of carboxylic acid groups (broad SMARTS) is 1. The number of sulfonamides is 1. The van der Waals surface area contributed by atoms with Crippen molar-refractivity contribution < 1.29 is 28.0 Å². The Morgan fingerprint density at radius 2 is 2.00 bits per heavy atom. The molecule has 21 heavy (non-hydrogen) atoms. The number of nitrogens with one attached hydrogen (secondary N) is 1. The molecule has 0 amide bonds. The summed E-state index contributed by atoms with van der Waals surface area (Å²) in [6, 6.07) is 4.16. The molecule has 0 saturated carbocycles. The Hall–Kier alpha value is -2.04. The first-order chi connectivity index (χ1) is 9.77. The highest BCUT2D eigenvalue weighted by atomic mass is 32.2. The molecule has 0 aliphatic carbocycles. The zero-order valence-corrected chi connectivity index (χ0v) is 11.5. The van der Waals surface area contributed by atoms with Crippen molar-refractivity contribution in [3.63, 3.8) is 0 Å². The van der Waals surface area contributed by atoms with Crippen molar-refractivity contribution in [2.45, 2.75) is 16.9 Å². The Labute approximate surface area is 119 Å². The molecule has 1 fully saturated rings. The molecule has 2 N–H and O–H groups in total. The third-order valence-corrected chi connectivity index (χ3v) is 4.67. The predicted octanol–water partition coefficient (Wildman–Crippen LogP) is 0.117. The maximum Gasteiger partial charge on any atom is 0.327 e. The van der Waals surface area contributed by atoms with Crippen LogP contribution in [-0.2, 0) is 19.6 Å². The summed E-state index contributed by atoms with van der Waals surface area (Å²) in [4.78, 5) is 20.9. The van der Waals surface area contributed by atoms with Crippen molar-refractivity contribution in [2.24, 2.45) is 0 Å². The van der Waals surface area contributed by atoms with Gasteiger partial charge < -0.3 is 9.84 Å². The van der Waals surface area contributed by atoms with Gasteiger partial charge in [0, 0.05) is 25.2 Å². The monoisotopic (exact) mass is 316 g/mol. The maximum absolute atomic E-state index is 12.2. The number of nitro groups is 1. The van der Waals surface area contributed by atoms with E-state index in [2.05, 4.69) is 4.72 Å². The number of benzene rings is 1. The van der Waals surface area contributed by atoms with Crippen LogP contribution in [0.3, 0.4) is 0 Å². The van der Waals surface area contributed by atoms with E-state index in [-0.39, 0.29) is 30.2 Å². The fourth-order valence-corrected chi connectivity index (χ4v) is 3.30. The Morgan fingerprint density at radius 1 is 1.38 bits per heavy atom. The number of nitrogens with zero attached hydrogens (tertiary/aromatic N) is 1. The average Bonchev–Trinajstić information content (AvgIpc) is 2.88. The zero-order valence-electron chi connectivity index (χ0n) is 10.7. The number of hydrogen-bond acceptors (Lipinski definition) is 6. The summed E-state index contributed by atoms with van der Waals surface area (Å²) in [6.45, 7) is -0.135. The summed E-state index contributed by atoms with van der Waals surface area (Å²) < 4.78 is 31.4. The van der Waals surface area contributed by atoms with Gasteiger partial charge in [0.15, 0.2) is 5.54 Å². The molecule has 1 saturated heterocycles. The molecule has 1 heterocycles. The molecule has 1 atom stereocenters. The van der Waals surface area contributed by atoms with Crippen molar-refractivity contribution in [3.05, 3.63) is 34.4 Å². The van der Waals surface area contributed by atoms with Crippen LogP contribution in [0.15, 0.2) is 29.2 Å². The van der Waals surface area contributed by atoms with Gasteiger partial charge in [-0.1, -0.05) is 0 Å². The van der Waals surface area contributed by atoms with E-state index >= 15 is 0 Å². The van der Waals surface area contributed by atoms with E-state index in [4.69, 9.17) is 4.74 Å². The number of carbonyl (C=O) groups is 1. The zero-order chi connectivity index (χ0) is 15.7. The topological polar surface area (TPSA) is 136 Å². The highest BCUT2D eigenvalue weighted by Crippen LogP contribution is 2.23. The number of non-ortho nitro benzene ring substituents is 1. The quantitative estimate of drug-likeness (QED) is 0.581. The molecular formula is C11H12N2O7S. The number of hydrogen-bond donors (Lipinski definition) is 2. The molecule has 1 unspecified atom stereocenters. The van der Waals surface area contributed by atoms with Crippen LogP contribution in [0, 0.1) is 10.1 Å². The lowest BCUT2D eigenvalue weighted by Gasteiger charge is -2.23. The summed E-state index contributed by atoms with van der Waals surface area (Å²) in [5.41, 5.74) is -1.97. The minimum Gasteiger partial charge on any atom is -0.480 e. The number of nitro benzene ring substituents is 1. The Balaban J connectivity index is 2.29.